The molecule has 1 heterocycles. The van der Waals surface area contributed by atoms with Gasteiger partial charge in [-0.3, -0.25) is 9.59 Å². The van der Waals surface area contributed by atoms with Crippen molar-refractivity contribution in [2.24, 2.45) is 0 Å². The molecule has 3 rings (SSSR count). The zero-order valence-electron chi connectivity index (χ0n) is 16.5. The lowest BCUT2D eigenvalue weighted by atomic mass is 10.0. The van der Waals surface area contributed by atoms with Crippen LogP contribution in [0.1, 0.15) is 28.4 Å². The third-order valence-corrected chi connectivity index (χ3v) is 4.77. The van der Waals surface area contributed by atoms with Crippen molar-refractivity contribution in [3.63, 3.8) is 0 Å². The van der Waals surface area contributed by atoms with E-state index in [1.54, 1.807) is 38.5 Å². The summed E-state index contributed by atoms with van der Waals surface area (Å²) in [6.07, 6.45) is 2.69. The Bertz CT molecular complexity index is 932. The maximum absolute atomic E-state index is 13.1. The summed E-state index contributed by atoms with van der Waals surface area (Å²) < 4.78 is 10.8. The van der Waals surface area contributed by atoms with Crippen molar-refractivity contribution in [3.8, 4) is 11.5 Å². The van der Waals surface area contributed by atoms with Crippen molar-refractivity contribution in [2.45, 2.75) is 13.3 Å². The third-order valence-electron chi connectivity index (χ3n) is 4.77. The Morgan fingerprint density at radius 3 is 2.29 bits per heavy atom. The molecule has 0 fully saturated rings. The second-order valence-electron chi connectivity index (χ2n) is 6.69. The van der Waals surface area contributed by atoms with Gasteiger partial charge in [-0.15, -0.1) is 0 Å². The molecule has 1 amide bonds. The Morgan fingerprint density at radius 2 is 1.68 bits per heavy atom. The number of nitrogens with zero attached hydrogens (tertiary/aromatic N) is 1. The number of rotatable bonds is 5. The summed E-state index contributed by atoms with van der Waals surface area (Å²) in [4.78, 5) is 26.3. The summed E-state index contributed by atoms with van der Waals surface area (Å²) in [6, 6.07) is 10.8. The van der Waals surface area contributed by atoms with Crippen LogP contribution in [0.15, 0.2) is 42.1 Å². The minimum Gasteiger partial charge on any atom is -0.493 e. The number of carbonyl (C=O) groups is 2. The number of hydrogen-bond donors (Lipinski definition) is 1. The van der Waals surface area contributed by atoms with Gasteiger partial charge in [-0.1, -0.05) is 0 Å². The van der Waals surface area contributed by atoms with Gasteiger partial charge in [-0.25, -0.2) is 0 Å². The first-order valence-electron chi connectivity index (χ1n) is 9.03. The molecule has 28 heavy (non-hydrogen) atoms. The standard InChI is InChI=1S/C22H24N2O4/c1-14(25)23-18-7-5-15(6-8-18)22(26)19-11-17-13-21(28-4)20(27-3)12-16(17)9-10-24(19)2/h5-8,11-13H,9-10H2,1-4H3,(H,23,25). The van der Waals surface area contributed by atoms with Gasteiger partial charge < -0.3 is 19.7 Å². The molecule has 0 saturated carbocycles. The number of carbonyl (C=O) groups excluding carboxylic acids is 2. The van der Waals surface area contributed by atoms with E-state index in [2.05, 4.69) is 5.32 Å². The Morgan fingerprint density at radius 1 is 1.04 bits per heavy atom. The topological polar surface area (TPSA) is 67.9 Å². The van der Waals surface area contributed by atoms with E-state index in [0.717, 1.165) is 17.5 Å². The normalized spacial score (nSPS) is 13.1. The first-order valence-corrected chi connectivity index (χ1v) is 9.03. The molecule has 0 aliphatic carbocycles. The van der Waals surface area contributed by atoms with Crippen LogP contribution in [0.3, 0.4) is 0 Å². The number of ether oxygens (including phenoxy) is 2. The second kappa shape index (κ2) is 8.17. The molecule has 0 unspecified atom stereocenters. The fraction of sp³-hybridized carbons (Fsp3) is 0.273. The Balaban J connectivity index is 1.96. The van der Waals surface area contributed by atoms with Crippen LogP contribution < -0.4 is 14.8 Å². The van der Waals surface area contributed by atoms with Gasteiger partial charge in [0.25, 0.3) is 0 Å². The summed E-state index contributed by atoms with van der Waals surface area (Å²) in [5.41, 5.74) is 3.89. The molecule has 6 heteroatoms. The highest BCUT2D eigenvalue weighted by Crippen LogP contribution is 2.34. The number of likely N-dealkylation sites (N-methyl/N-ethyl adjacent to an activating group) is 1. The number of anilines is 1. The molecular formula is C22H24N2O4. The van der Waals surface area contributed by atoms with Crippen LogP contribution in [0.4, 0.5) is 5.69 Å². The molecule has 146 valence electrons. The molecule has 2 aromatic carbocycles. The molecule has 0 bridgehead atoms. The van der Waals surface area contributed by atoms with Crippen LogP contribution >= 0.6 is 0 Å². The zero-order chi connectivity index (χ0) is 20.3. The minimum atomic E-state index is -0.147. The van der Waals surface area contributed by atoms with Crippen LogP contribution in [0.2, 0.25) is 0 Å². The summed E-state index contributed by atoms with van der Waals surface area (Å²) in [6.45, 7) is 2.16. The number of allylic oxidation sites excluding steroid dienone is 1. The van der Waals surface area contributed by atoms with Gasteiger partial charge in [-0.05, 0) is 60.0 Å². The lowest BCUT2D eigenvalue weighted by Gasteiger charge is -2.19. The van der Waals surface area contributed by atoms with Crippen LogP contribution in [-0.2, 0) is 11.2 Å². The zero-order valence-corrected chi connectivity index (χ0v) is 16.5. The van der Waals surface area contributed by atoms with Gasteiger partial charge in [0.15, 0.2) is 11.5 Å². The molecule has 2 aromatic rings. The van der Waals surface area contributed by atoms with Crippen LogP contribution in [-0.4, -0.2) is 44.4 Å². The first-order chi connectivity index (χ1) is 13.4. The average molecular weight is 380 g/mol. The summed E-state index contributed by atoms with van der Waals surface area (Å²) in [5.74, 6) is 1.10. The second-order valence-corrected chi connectivity index (χ2v) is 6.69. The number of fused-ring (bicyclic) bond motifs is 1. The molecule has 1 N–H and O–H groups in total. The lowest BCUT2D eigenvalue weighted by Crippen LogP contribution is -2.24. The highest BCUT2D eigenvalue weighted by Gasteiger charge is 2.21. The molecule has 0 aromatic heterocycles. The van der Waals surface area contributed by atoms with Crippen LogP contribution in [0, 0.1) is 0 Å². The quantitative estimate of drug-likeness (QED) is 0.806. The van der Waals surface area contributed by atoms with Crippen molar-refractivity contribution in [1.29, 1.82) is 0 Å². The van der Waals surface area contributed by atoms with E-state index in [-0.39, 0.29) is 11.7 Å². The van der Waals surface area contributed by atoms with Crippen molar-refractivity contribution < 1.29 is 19.1 Å². The van der Waals surface area contributed by atoms with Crippen molar-refractivity contribution >= 4 is 23.5 Å². The lowest BCUT2D eigenvalue weighted by molar-refractivity contribution is -0.114. The molecule has 0 spiro atoms. The number of ketones is 1. The maximum Gasteiger partial charge on any atom is 0.221 e. The number of hydrogen-bond acceptors (Lipinski definition) is 5. The molecule has 0 atom stereocenters. The van der Waals surface area contributed by atoms with Gasteiger partial charge in [0.05, 0.1) is 19.9 Å². The Kier molecular flexibility index (Phi) is 5.68. The number of methoxy groups -OCH3 is 2. The van der Waals surface area contributed by atoms with E-state index < -0.39 is 0 Å². The highest BCUT2D eigenvalue weighted by atomic mass is 16.5. The van der Waals surface area contributed by atoms with Crippen LogP contribution in [0.25, 0.3) is 6.08 Å². The fourth-order valence-electron chi connectivity index (χ4n) is 3.25. The van der Waals surface area contributed by atoms with E-state index in [4.69, 9.17) is 9.47 Å². The monoisotopic (exact) mass is 380 g/mol. The van der Waals surface area contributed by atoms with E-state index in [9.17, 15) is 9.59 Å². The van der Waals surface area contributed by atoms with Gasteiger partial charge >= 0.3 is 0 Å². The van der Waals surface area contributed by atoms with Crippen molar-refractivity contribution in [1.82, 2.24) is 4.90 Å². The summed E-state index contributed by atoms with van der Waals surface area (Å²) >= 11 is 0. The highest BCUT2D eigenvalue weighted by molar-refractivity contribution is 6.11. The number of amides is 1. The van der Waals surface area contributed by atoms with Gasteiger partial charge in [0, 0.05) is 31.8 Å². The van der Waals surface area contributed by atoms with E-state index in [0.29, 0.717) is 35.0 Å². The average Bonchev–Trinajstić information content (AvgIpc) is 2.85. The number of Topliss-reactive ketones (excluding diaryl/α,β-unsaturated/α-hetero) is 1. The molecule has 0 radical (unpaired) electrons. The SMILES string of the molecule is COc1cc2c(cc1OC)CCN(C)C(C(=O)c1ccc(NC(C)=O)cc1)=C2. The van der Waals surface area contributed by atoms with Crippen molar-refractivity contribution in [2.75, 3.05) is 33.1 Å². The van der Waals surface area contributed by atoms with Gasteiger partial charge in [0.1, 0.15) is 0 Å². The number of benzene rings is 2. The van der Waals surface area contributed by atoms with E-state index in [1.165, 1.54) is 6.92 Å². The van der Waals surface area contributed by atoms with E-state index >= 15 is 0 Å². The number of nitrogens with one attached hydrogen (secondary N) is 1. The molecule has 1 aliphatic heterocycles. The molecule has 6 nitrogen and oxygen atoms in total. The molecular weight excluding hydrogens is 356 g/mol. The van der Waals surface area contributed by atoms with Crippen molar-refractivity contribution in [3.05, 3.63) is 58.8 Å². The predicted octanol–water partition coefficient (Wildman–Crippen LogP) is 3.37. The largest absolute Gasteiger partial charge is 0.493 e. The minimum absolute atomic E-state index is 0.0699. The smallest absolute Gasteiger partial charge is 0.221 e. The third kappa shape index (κ3) is 4.01. The Labute approximate surface area is 164 Å². The molecule has 1 aliphatic rings. The maximum atomic E-state index is 13.1. The molecule has 0 saturated heterocycles. The fourth-order valence-corrected chi connectivity index (χ4v) is 3.25. The summed E-state index contributed by atoms with van der Waals surface area (Å²) in [7, 11) is 5.12. The predicted molar refractivity (Wildman–Crippen MR) is 109 cm³/mol. The van der Waals surface area contributed by atoms with Gasteiger partial charge in [-0.2, -0.15) is 0 Å². The summed E-state index contributed by atoms with van der Waals surface area (Å²) in [5, 5.41) is 2.70. The van der Waals surface area contributed by atoms with Crippen LogP contribution in [0.5, 0.6) is 11.5 Å². The first kappa shape index (κ1) is 19.5. The van der Waals surface area contributed by atoms with E-state index in [1.807, 2.05) is 30.2 Å². The Hall–Kier alpha value is -3.28. The van der Waals surface area contributed by atoms with Gasteiger partial charge in [0.2, 0.25) is 11.7 Å².